The Kier molecular flexibility index (Phi) is 20.4. The molecule has 3 aliphatic rings. The number of benzene rings is 1. The Balaban J connectivity index is 1.46. The zero-order chi connectivity index (χ0) is 54.7. The fourth-order valence-corrected chi connectivity index (χ4v) is 11.6. The zero-order valence-electron chi connectivity index (χ0n) is 45.0. The summed E-state index contributed by atoms with van der Waals surface area (Å²) in [5, 5.41) is 66.2. The highest BCUT2D eigenvalue weighted by atomic mass is 32.2. The summed E-state index contributed by atoms with van der Waals surface area (Å²) in [4.78, 5) is 30.7. The maximum atomic E-state index is 14.5. The van der Waals surface area contributed by atoms with Crippen molar-refractivity contribution in [2.75, 3.05) is 40.7 Å². The summed E-state index contributed by atoms with van der Waals surface area (Å²) in [7, 11) is 1.28. The molecule has 0 bridgehead atoms. The van der Waals surface area contributed by atoms with Gasteiger partial charge in [0.05, 0.1) is 58.2 Å². The number of cyclic esters (lactones) is 1. The van der Waals surface area contributed by atoms with Crippen molar-refractivity contribution < 1.29 is 81.1 Å². The molecular formula is C51H83FN4O16S. The number of aromatic nitrogens is 3. The monoisotopic (exact) mass is 1060 g/mol. The molecule has 0 radical (unpaired) electrons. The lowest BCUT2D eigenvalue weighted by Gasteiger charge is -2.50. The maximum Gasteiger partial charge on any atom is 0.311 e. The van der Waals surface area contributed by atoms with E-state index < -0.39 is 143 Å². The molecule has 2 aromatic rings. The van der Waals surface area contributed by atoms with Gasteiger partial charge in [0, 0.05) is 69.9 Å². The number of alkyl halides is 1. The minimum atomic E-state index is -3.48. The Bertz CT molecular complexity index is 2240. The molecule has 0 unspecified atom stereocenters. The number of esters is 1. The van der Waals surface area contributed by atoms with Gasteiger partial charge in [0.2, 0.25) is 0 Å². The normalized spacial score (nSPS) is 39.4. The Hall–Kier alpha value is -3.10. The highest BCUT2D eigenvalue weighted by Gasteiger charge is 2.54. The van der Waals surface area contributed by atoms with E-state index in [9.17, 15) is 47.9 Å². The summed E-state index contributed by atoms with van der Waals surface area (Å²) in [5.41, 5.74) is -3.74. The van der Waals surface area contributed by atoms with Gasteiger partial charge in [0.15, 0.2) is 22.4 Å². The first-order valence-corrected chi connectivity index (χ1v) is 27.2. The summed E-state index contributed by atoms with van der Waals surface area (Å²) >= 11 is 0. The van der Waals surface area contributed by atoms with Gasteiger partial charge >= 0.3 is 5.97 Å². The summed E-state index contributed by atoms with van der Waals surface area (Å²) in [5.74, 6) is -5.00. The second kappa shape index (κ2) is 24.5. The number of Topliss-reactive ketones (excluding diaryl/α,β-unsaturated/α-hetero) is 1. The Labute approximate surface area is 430 Å². The lowest BCUT2D eigenvalue weighted by atomic mass is 9.74. The molecule has 5 rings (SSSR count). The molecule has 3 aliphatic heterocycles. The van der Waals surface area contributed by atoms with Crippen LogP contribution < -0.4 is 0 Å². The number of carbonyl (C=O) groups excluding carboxylic acids is 2. The van der Waals surface area contributed by atoms with Gasteiger partial charge in [-0.3, -0.25) is 9.59 Å². The molecule has 4 heterocycles. The van der Waals surface area contributed by atoms with Gasteiger partial charge in [-0.05, 0) is 85.5 Å². The van der Waals surface area contributed by atoms with Gasteiger partial charge in [0.1, 0.15) is 48.5 Å². The molecule has 20 atom stereocenters. The first kappa shape index (κ1) is 60.8. The summed E-state index contributed by atoms with van der Waals surface area (Å²) in [6.45, 7) is 16.0. The largest absolute Gasteiger partial charge is 0.459 e. The molecule has 1 aromatic heterocycles. The standard InChI is InChI=1S/C51H83FN4O16S/c1-15-38-51(10,63)44(60)29(4)40(57)27(2)23-50(9,67-13)46(30(5)43(31(6)47(62)70-38)71-39-24-49(8,66-12)45(61)32(7)69-39)72-48-42(59)36(22-28(3)68-48)55(11)21-20-34-26-56(54-53-34)37(25-52)41(58)33-16-18-35(19-17-33)73(14,64)65/h16-19,26-32,36-39,41-46,48,58-61,63H,15,20-25H2,1-14H3/t27-,28-,29+,30+,31-,32+,36+,37-,38-,39+,41-,42-,43+,44-,45+,46-,48+,49-,50-,51-/m1/s1. The molecule has 22 heteroatoms. The van der Waals surface area contributed by atoms with E-state index in [1.54, 1.807) is 48.5 Å². The molecule has 0 aliphatic carbocycles. The summed E-state index contributed by atoms with van der Waals surface area (Å²) < 4.78 is 84.2. The van der Waals surface area contributed by atoms with Crippen LogP contribution in [0.3, 0.4) is 0 Å². The number of hydrogen-bond donors (Lipinski definition) is 5. The van der Waals surface area contributed by atoms with E-state index in [1.807, 2.05) is 18.9 Å². The number of rotatable bonds is 16. The van der Waals surface area contributed by atoms with Crippen LogP contribution in [0.5, 0.6) is 0 Å². The van der Waals surface area contributed by atoms with Crippen molar-refractivity contribution in [3.8, 4) is 0 Å². The number of methoxy groups -OCH3 is 2. The topological polar surface area (TPSA) is 268 Å². The highest BCUT2D eigenvalue weighted by Crippen LogP contribution is 2.42. The average Bonchev–Trinajstić information content (AvgIpc) is 3.82. The molecule has 3 saturated heterocycles. The van der Waals surface area contributed by atoms with Crippen LogP contribution in [0.4, 0.5) is 4.39 Å². The first-order valence-electron chi connectivity index (χ1n) is 25.4. The third kappa shape index (κ3) is 13.5. The van der Waals surface area contributed by atoms with Gasteiger partial charge in [-0.25, -0.2) is 17.5 Å². The van der Waals surface area contributed by atoms with Crippen LogP contribution in [0, 0.1) is 23.7 Å². The van der Waals surface area contributed by atoms with Crippen LogP contribution in [0.1, 0.15) is 118 Å². The van der Waals surface area contributed by atoms with Crippen LogP contribution in [0.15, 0.2) is 35.4 Å². The van der Waals surface area contributed by atoms with Crippen LogP contribution in [0.2, 0.25) is 0 Å². The van der Waals surface area contributed by atoms with Crippen molar-refractivity contribution >= 4 is 21.6 Å². The van der Waals surface area contributed by atoms with E-state index in [2.05, 4.69) is 10.3 Å². The Morgan fingerprint density at radius 1 is 0.932 bits per heavy atom. The van der Waals surface area contributed by atoms with Crippen molar-refractivity contribution in [2.24, 2.45) is 23.7 Å². The number of halogens is 1. The minimum absolute atomic E-state index is 0.0162. The van der Waals surface area contributed by atoms with E-state index in [4.69, 9.17) is 33.2 Å². The van der Waals surface area contributed by atoms with E-state index in [-0.39, 0.29) is 29.9 Å². The first-order chi connectivity index (χ1) is 34.0. The molecule has 20 nitrogen and oxygen atoms in total. The summed E-state index contributed by atoms with van der Waals surface area (Å²) in [6, 6.07) is 3.84. The van der Waals surface area contributed by atoms with E-state index in [0.717, 1.165) is 6.26 Å². The van der Waals surface area contributed by atoms with Gasteiger partial charge in [-0.2, -0.15) is 0 Å². The number of hydrogen-bond acceptors (Lipinski definition) is 19. The van der Waals surface area contributed by atoms with E-state index in [1.165, 1.54) is 63.2 Å². The average molecular weight is 1060 g/mol. The number of nitrogens with zero attached hydrogens (tertiary/aromatic N) is 4. The van der Waals surface area contributed by atoms with Gasteiger partial charge in [0.25, 0.3) is 0 Å². The Morgan fingerprint density at radius 2 is 1.56 bits per heavy atom. The number of aliphatic hydroxyl groups excluding tert-OH is 4. The fraction of sp³-hybridized carbons (Fsp3) is 0.804. The number of ether oxygens (including phenoxy) is 7. The van der Waals surface area contributed by atoms with Crippen LogP contribution >= 0.6 is 0 Å². The Morgan fingerprint density at radius 3 is 2.14 bits per heavy atom. The van der Waals surface area contributed by atoms with Crippen molar-refractivity contribution in [3.63, 3.8) is 0 Å². The second-order valence-corrected chi connectivity index (χ2v) is 23.6. The minimum Gasteiger partial charge on any atom is -0.459 e. The lowest BCUT2D eigenvalue weighted by molar-refractivity contribution is -0.319. The predicted molar refractivity (Wildman–Crippen MR) is 263 cm³/mol. The van der Waals surface area contributed by atoms with Crippen LogP contribution in [0.25, 0.3) is 0 Å². The van der Waals surface area contributed by atoms with E-state index in [0.29, 0.717) is 30.6 Å². The van der Waals surface area contributed by atoms with Crippen LogP contribution in [-0.4, -0.2) is 191 Å². The summed E-state index contributed by atoms with van der Waals surface area (Å²) in [6.07, 6.45) is -8.83. The number of sulfone groups is 1. The van der Waals surface area contributed by atoms with Crippen molar-refractivity contribution in [1.29, 1.82) is 0 Å². The van der Waals surface area contributed by atoms with Crippen LogP contribution in [-0.2, 0) is 59.0 Å². The third-order valence-corrected chi connectivity index (χ3v) is 17.1. The number of carbonyl (C=O) groups is 2. The highest BCUT2D eigenvalue weighted by molar-refractivity contribution is 7.90. The lowest BCUT2D eigenvalue weighted by Crippen LogP contribution is -2.61. The van der Waals surface area contributed by atoms with Gasteiger partial charge in [-0.1, -0.05) is 45.0 Å². The molecule has 3 fully saturated rings. The van der Waals surface area contributed by atoms with Crippen molar-refractivity contribution in [2.45, 2.75) is 203 Å². The number of likely N-dealkylation sites (N-methyl/N-ethyl adjacent to an activating group) is 1. The fourth-order valence-electron chi connectivity index (χ4n) is 11.0. The van der Waals surface area contributed by atoms with E-state index >= 15 is 0 Å². The molecule has 1 aromatic carbocycles. The predicted octanol–water partition coefficient (Wildman–Crippen LogP) is 3.29. The number of ketones is 1. The third-order valence-electron chi connectivity index (χ3n) is 16.0. The maximum absolute atomic E-state index is 14.5. The molecule has 5 N–H and O–H groups in total. The van der Waals surface area contributed by atoms with Crippen molar-refractivity contribution in [1.82, 2.24) is 19.9 Å². The molecule has 0 amide bonds. The molecule has 73 heavy (non-hydrogen) atoms. The number of aliphatic hydroxyl groups is 5. The van der Waals surface area contributed by atoms with Gasteiger partial charge < -0.3 is 63.6 Å². The van der Waals surface area contributed by atoms with Gasteiger partial charge in [-0.15, -0.1) is 5.10 Å². The second-order valence-electron chi connectivity index (χ2n) is 21.6. The smallest absolute Gasteiger partial charge is 0.311 e. The molecule has 416 valence electrons. The SMILES string of the molecule is CC[C@H]1OC(=O)[C@H](C)[C@@H](O[C@H]2C[C@@](C)(OC)[C@@H](O)[C@H](C)O2)[C@H](C)[C@@H](O[C@@H]2O[C@H](C)C[C@H](N(C)CCc3cn([C@H](CF)[C@H](O)c4ccc(S(C)(=O)=O)cc4)nn3)[C@H]2O)[C@](C)(OC)C[C@@H](C)C(=O)[C@H](C)[C@@H](O)[C@]1(C)O. The zero-order valence-corrected chi connectivity index (χ0v) is 45.8. The molecular weight excluding hydrogens is 976 g/mol. The molecule has 0 spiro atoms. The quantitative estimate of drug-likeness (QED) is 0.151. The van der Waals surface area contributed by atoms with Crippen molar-refractivity contribution in [3.05, 3.63) is 41.7 Å². The molecule has 0 saturated carbocycles.